The van der Waals surface area contributed by atoms with E-state index >= 15 is 0 Å². The summed E-state index contributed by atoms with van der Waals surface area (Å²) in [5, 5.41) is 12.9. The Kier molecular flexibility index (Phi) is 4.66. The summed E-state index contributed by atoms with van der Waals surface area (Å²) in [6.45, 7) is 5.08. The summed E-state index contributed by atoms with van der Waals surface area (Å²) in [7, 11) is 0. The van der Waals surface area contributed by atoms with Gasteiger partial charge < -0.3 is 10.4 Å². The van der Waals surface area contributed by atoms with Crippen LogP contribution < -0.4 is 5.32 Å². The van der Waals surface area contributed by atoms with Crippen LogP contribution in [0.1, 0.15) is 30.1 Å². The molecule has 1 heterocycles. The van der Waals surface area contributed by atoms with Gasteiger partial charge in [-0.15, -0.1) is 0 Å². The summed E-state index contributed by atoms with van der Waals surface area (Å²) < 4.78 is 0. The van der Waals surface area contributed by atoms with Gasteiger partial charge in [0, 0.05) is 17.6 Å². The molecule has 104 valence electrons. The van der Waals surface area contributed by atoms with Crippen molar-refractivity contribution in [3.8, 4) is 0 Å². The number of likely N-dealkylation sites (N-methyl/N-ethyl adjacent to an activating group) is 1. The van der Waals surface area contributed by atoms with Crippen molar-refractivity contribution < 1.29 is 9.90 Å². The van der Waals surface area contributed by atoms with Crippen molar-refractivity contribution in [3.63, 3.8) is 0 Å². The number of nitrogens with zero attached hydrogens (tertiary/aromatic N) is 1. The van der Waals surface area contributed by atoms with Gasteiger partial charge in [-0.3, -0.25) is 4.90 Å². The van der Waals surface area contributed by atoms with E-state index in [0.717, 1.165) is 26.1 Å². The first-order chi connectivity index (χ1) is 9.11. The molecule has 1 unspecified atom stereocenters. The van der Waals surface area contributed by atoms with Gasteiger partial charge in [0.1, 0.15) is 0 Å². The second-order valence-electron chi connectivity index (χ2n) is 4.80. The van der Waals surface area contributed by atoms with E-state index in [9.17, 15) is 4.79 Å². The van der Waals surface area contributed by atoms with E-state index in [0.29, 0.717) is 16.8 Å². The van der Waals surface area contributed by atoms with Crippen molar-refractivity contribution in [3.05, 3.63) is 28.8 Å². The number of hydrogen-bond acceptors (Lipinski definition) is 3. The fourth-order valence-electron chi connectivity index (χ4n) is 2.62. The summed E-state index contributed by atoms with van der Waals surface area (Å²) in [4.78, 5) is 13.6. The van der Waals surface area contributed by atoms with Crippen LogP contribution in [-0.2, 0) is 0 Å². The van der Waals surface area contributed by atoms with Gasteiger partial charge in [0.2, 0.25) is 0 Å². The first-order valence-electron chi connectivity index (χ1n) is 6.62. The molecule has 19 heavy (non-hydrogen) atoms. The maximum absolute atomic E-state index is 11.2. The van der Waals surface area contributed by atoms with Gasteiger partial charge in [0.15, 0.2) is 0 Å². The molecule has 1 atom stereocenters. The second-order valence-corrected chi connectivity index (χ2v) is 5.24. The third kappa shape index (κ3) is 3.39. The topological polar surface area (TPSA) is 52.6 Å². The van der Waals surface area contributed by atoms with E-state index in [4.69, 9.17) is 16.7 Å². The minimum absolute atomic E-state index is 0.269. The Morgan fingerprint density at radius 1 is 1.58 bits per heavy atom. The molecule has 1 saturated heterocycles. The molecule has 1 aromatic rings. The molecule has 0 aromatic heterocycles. The lowest BCUT2D eigenvalue weighted by atomic mass is 10.1. The molecule has 2 rings (SSSR count). The van der Waals surface area contributed by atoms with Gasteiger partial charge in [0.05, 0.1) is 11.3 Å². The second kappa shape index (κ2) is 6.26. The highest BCUT2D eigenvalue weighted by Crippen LogP contribution is 2.23. The van der Waals surface area contributed by atoms with E-state index in [2.05, 4.69) is 17.1 Å². The molecule has 2 N–H and O–H groups in total. The Balaban J connectivity index is 2.06. The van der Waals surface area contributed by atoms with Gasteiger partial charge >= 0.3 is 5.97 Å². The zero-order valence-corrected chi connectivity index (χ0v) is 11.8. The molecule has 1 aliphatic heterocycles. The van der Waals surface area contributed by atoms with Crippen molar-refractivity contribution in [2.24, 2.45) is 0 Å². The van der Waals surface area contributed by atoms with Gasteiger partial charge in [-0.25, -0.2) is 4.79 Å². The summed E-state index contributed by atoms with van der Waals surface area (Å²) in [5.41, 5.74) is 0.869. The third-order valence-electron chi connectivity index (χ3n) is 3.65. The first-order valence-corrected chi connectivity index (χ1v) is 7.00. The SMILES string of the molecule is CCN1CCCC1CNc1cc(Cl)ccc1C(=O)O. The predicted octanol–water partition coefficient (Wildman–Crippen LogP) is 2.93. The normalized spacial score (nSPS) is 19.6. The van der Waals surface area contributed by atoms with E-state index in [-0.39, 0.29) is 5.56 Å². The van der Waals surface area contributed by atoms with Crippen LogP contribution in [0.5, 0.6) is 0 Å². The molecule has 0 radical (unpaired) electrons. The van der Waals surface area contributed by atoms with Crippen LogP contribution in [0, 0.1) is 0 Å². The molecule has 1 aromatic carbocycles. The number of anilines is 1. The Labute approximate surface area is 118 Å². The number of aromatic carboxylic acids is 1. The zero-order chi connectivity index (χ0) is 13.8. The number of benzene rings is 1. The fraction of sp³-hybridized carbons (Fsp3) is 0.500. The van der Waals surface area contributed by atoms with Crippen molar-refractivity contribution in [1.29, 1.82) is 0 Å². The average Bonchev–Trinajstić information content (AvgIpc) is 2.83. The van der Waals surface area contributed by atoms with Gasteiger partial charge in [-0.2, -0.15) is 0 Å². The van der Waals surface area contributed by atoms with Crippen LogP contribution in [0.15, 0.2) is 18.2 Å². The highest BCUT2D eigenvalue weighted by Gasteiger charge is 2.23. The highest BCUT2D eigenvalue weighted by molar-refractivity contribution is 6.31. The van der Waals surface area contributed by atoms with Crippen LogP contribution in [0.25, 0.3) is 0 Å². The molecule has 4 nitrogen and oxygen atoms in total. The molecule has 0 spiro atoms. The van der Waals surface area contributed by atoms with Crippen LogP contribution in [-0.4, -0.2) is 41.7 Å². The Morgan fingerprint density at radius 2 is 2.37 bits per heavy atom. The van der Waals surface area contributed by atoms with Crippen molar-refractivity contribution in [1.82, 2.24) is 4.90 Å². The van der Waals surface area contributed by atoms with E-state index in [1.54, 1.807) is 18.2 Å². The van der Waals surface area contributed by atoms with Gasteiger partial charge in [0.25, 0.3) is 0 Å². The van der Waals surface area contributed by atoms with E-state index < -0.39 is 5.97 Å². The van der Waals surface area contributed by atoms with Gasteiger partial charge in [-0.1, -0.05) is 18.5 Å². The summed E-state index contributed by atoms with van der Waals surface area (Å²) in [5.74, 6) is -0.932. The number of carbonyl (C=O) groups is 1. The lowest BCUT2D eigenvalue weighted by molar-refractivity contribution is 0.0698. The van der Waals surface area contributed by atoms with Crippen LogP contribution in [0.2, 0.25) is 5.02 Å². The quantitative estimate of drug-likeness (QED) is 0.872. The standard InChI is InChI=1S/C14H19ClN2O2/c1-2-17-7-3-4-11(17)9-16-13-8-10(15)5-6-12(13)14(18)19/h5-6,8,11,16H,2-4,7,9H2,1H3,(H,18,19). The van der Waals surface area contributed by atoms with Crippen molar-refractivity contribution in [2.75, 3.05) is 25.0 Å². The molecule has 0 amide bonds. The monoisotopic (exact) mass is 282 g/mol. The van der Waals surface area contributed by atoms with Crippen molar-refractivity contribution in [2.45, 2.75) is 25.8 Å². The lowest BCUT2D eigenvalue weighted by Crippen LogP contribution is -2.34. The largest absolute Gasteiger partial charge is 0.478 e. The Hall–Kier alpha value is -1.26. The number of rotatable bonds is 5. The number of likely N-dealkylation sites (tertiary alicyclic amines) is 1. The minimum atomic E-state index is -0.932. The van der Waals surface area contributed by atoms with Gasteiger partial charge in [-0.05, 0) is 44.1 Å². The fourth-order valence-corrected chi connectivity index (χ4v) is 2.79. The molecule has 1 fully saturated rings. The molecule has 0 saturated carbocycles. The zero-order valence-electron chi connectivity index (χ0n) is 11.0. The molecular formula is C14H19ClN2O2. The van der Waals surface area contributed by atoms with E-state index in [1.165, 1.54) is 6.42 Å². The summed E-state index contributed by atoms with van der Waals surface area (Å²) >= 11 is 5.93. The third-order valence-corrected chi connectivity index (χ3v) is 3.88. The number of nitrogens with one attached hydrogen (secondary N) is 1. The maximum atomic E-state index is 11.2. The summed E-state index contributed by atoms with van der Waals surface area (Å²) in [6, 6.07) is 5.30. The molecule has 5 heteroatoms. The number of carboxylic acid groups (broad SMARTS) is 1. The first kappa shape index (κ1) is 14.2. The minimum Gasteiger partial charge on any atom is -0.478 e. The Bertz CT molecular complexity index is 465. The van der Waals surface area contributed by atoms with Crippen LogP contribution >= 0.6 is 11.6 Å². The number of carboxylic acids is 1. The maximum Gasteiger partial charge on any atom is 0.337 e. The molecule has 0 bridgehead atoms. The average molecular weight is 283 g/mol. The molecular weight excluding hydrogens is 264 g/mol. The predicted molar refractivity (Wildman–Crippen MR) is 77.2 cm³/mol. The summed E-state index contributed by atoms with van der Waals surface area (Å²) in [6.07, 6.45) is 2.37. The molecule has 1 aliphatic rings. The number of halogens is 1. The molecule has 0 aliphatic carbocycles. The van der Waals surface area contributed by atoms with Crippen LogP contribution in [0.4, 0.5) is 5.69 Å². The van der Waals surface area contributed by atoms with E-state index in [1.807, 2.05) is 0 Å². The lowest BCUT2D eigenvalue weighted by Gasteiger charge is -2.23. The van der Waals surface area contributed by atoms with Crippen molar-refractivity contribution >= 4 is 23.3 Å². The Morgan fingerprint density at radius 3 is 3.05 bits per heavy atom. The number of hydrogen-bond donors (Lipinski definition) is 2. The van der Waals surface area contributed by atoms with Crippen LogP contribution in [0.3, 0.4) is 0 Å². The highest BCUT2D eigenvalue weighted by atomic mass is 35.5. The smallest absolute Gasteiger partial charge is 0.337 e.